The first-order chi connectivity index (χ1) is 16.7. The number of fused-ring (bicyclic) bond motifs is 1. The van der Waals surface area contributed by atoms with Crippen molar-refractivity contribution in [2.45, 2.75) is 25.1 Å². The normalized spacial score (nSPS) is 21.7. The van der Waals surface area contributed by atoms with Crippen molar-refractivity contribution in [1.29, 1.82) is 0 Å². The maximum absolute atomic E-state index is 12.7. The largest absolute Gasteiger partial charge is 0.490 e. The molecule has 1 amide bonds. The molecular formula is C23H24BrClN2O6S2. The van der Waals surface area contributed by atoms with Crippen LogP contribution in [0.2, 0.25) is 5.02 Å². The van der Waals surface area contributed by atoms with Crippen molar-refractivity contribution in [1.82, 2.24) is 0 Å². The van der Waals surface area contributed by atoms with Crippen LogP contribution in [0.25, 0.3) is 0 Å². The van der Waals surface area contributed by atoms with E-state index in [1.807, 2.05) is 18.7 Å². The van der Waals surface area contributed by atoms with Gasteiger partial charge in [0, 0.05) is 26.9 Å². The summed E-state index contributed by atoms with van der Waals surface area (Å²) in [7, 11) is -3.21. The molecule has 2 aromatic carbocycles. The van der Waals surface area contributed by atoms with Gasteiger partial charge in [0.1, 0.15) is 5.75 Å². The molecule has 2 heterocycles. The molecule has 4 rings (SSSR count). The van der Waals surface area contributed by atoms with Crippen LogP contribution in [-0.4, -0.2) is 62.1 Å². The van der Waals surface area contributed by atoms with Gasteiger partial charge in [0.05, 0.1) is 36.4 Å². The van der Waals surface area contributed by atoms with Crippen LogP contribution in [0.4, 0.5) is 5.69 Å². The van der Waals surface area contributed by atoms with E-state index in [1.165, 1.54) is 11.8 Å². The fourth-order valence-electron chi connectivity index (χ4n) is 3.91. The lowest BCUT2D eigenvalue weighted by atomic mass is 10.2. The van der Waals surface area contributed by atoms with E-state index in [9.17, 15) is 13.2 Å². The lowest BCUT2D eigenvalue weighted by Gasteiger charge is -2.27. The van der Waals surface area contributed by atoms with Gasteiger partial charge in [0.2, 0.25) is 0 Å². The summed E-state index contributed by atoms with van der Waals surface area (Å²) in [5.74, 6) is 1.11. The third kappa shape index (κ3) is 6.07. The second-order valence-electron chi connectivity index (χ2n) is 7.82. The number of aliphatic imine (C=N–C) groups is 1. The highest BCUT2D eigenvalue weighted by Gasteiger charge is 2.50. The SMILES string of the molecule is CCOc1cc(Br)c(N2C(=NC(=O)COc3ccc(Cl)cc3)S[C@H]3CS(=O)(=O)C[C@@H]32)cc1OCC. The van der Waals surface area contributed by atoms with Gasteiger partial charge in [-0.15, -0.1) is 0 Å². The van der Waals surface area contributed by atoms with Crippen LogP contribution in [-0.2, 0) is 14.6 Å². The van der Waals surface area contributed by atoms with Crippen LogP contribution in [0.15, 0.2) is 45.9 Å². The highest BCUT2D eigenvalue weighted by molar-refractivity contribution is 9.10. The molecule has 0 aliphatic carbocycles. The number of anilines is 1. The second kappa shape index (κ2) is 11.0. The number of sulfone groups is 1. The lowest BCUT2D eigenvalue weighted by molar-refractivity contribution is -0.119. The van der Waals surface area contributed by atoms with Gasteiger partial charge in [-0.05, 0) is 54.0 Å². The first kappa shape index (κ1) is 26.1. The van der Waals surface area contributed by atoms with Crippen molar-refractivity contribution < 1.29 is 27.4 Å². The summed E-state index contributed by atoms with van der Waals surface area (Å²) in [5, 5.41) is 0.750. The molecule has 35 heavy (non-hydrogen) atoms. The average Bonchev–Trinajstić information content (AvgIpc) is 3.26. The number of benzene rings is 2. The summed E-state index contributed by atoms with van der Waals surface area (Å²) in [6.07, 6.45) is 0. The van der Waals surface area contributed by atoms with Gasteiger partial charge in [0.25, 0.3) is 5.91 Å². The molecule has 0 radical (unpaired) electrons. The van der Waals surface area contributed by atoms with E-state index in [-0.39, 0.29) is 29.4 Å². The van der Waals surface area contributed by atoms with E-state index in [0.717, 1.165) is 0 Å². The Labute approximate surface area is 222 Å². The number of thioether (sulfide) groups is 1. The highest BCUT2D eigenvalue weighted by atomic mass is 79.9. The highest BCUT2D eigenvalue weighted by Crippen LogP contribution is 2.46. The van der Waals surface area contributed by atoms with Gasteiger partial charge in [-0.1, -0.05) is 23.4 Å². The van der Waals surface area contributed by atoms with Crippen LogP contribution in [0.3, 0.4) is 0 Å². The molecule has 0 spiro atoms. The Bertz CT molecular complexity index is 1240. The first-order valence-electron chi connectivity index (χ1n) is 11.0. The summed E-state index contributed by atoms with van der Waals surface area (Å²) in [6.45, 7) is 4.38. The lowest BCUT2D eigenvalue weighted by Crippen LogP contribution is -2.38. The summed E-state index contributed by atoms with van der Waals surface area (Å²) in [5.41, 5.74) is 0.652. The molecule has 2 atom stereocenters. The van der Waals surface area contributed by atoms with Crippen molar-refractivity contribution in [3.63, 3.8) is 0 Å². The zero-order valence-electron chi connectivity index (χ0n) is 19.1. The number of nitrogens with zero attached hydrogens (tertiary/aromatic N) is 2. The van der Waals surface area contributed by atoms with E-state index >= 15 is 0 Å². The first-order valence-corrected chi connectivity index (χ1v) is 14.8. The van der Waals surface area contributed by atoms with Crippen molar-refractivity contribution >= 4 is 65.9 Å². The molecule has 0 N–H and O–H groups in total. The van der Waals surface area contributed by atoms with Crippen molar-refractivity contribution in [2.24, 2.45) is 4.99 Å². The van der Waals surface area contributed by atoms with E-state index in [0.29, 0.717) is 50.8 Å². The summed E-state index contributed by atoms with van der Waals surface area (Å²) in [4.78, 5) is 18.8. The Balaban J connectivity index is 1.65. The third-order valence-corrected chi connectivity index (χ3v) is 9.43. The minimum absolute atomic E-state index is 0.0250. The number of carbonyl (C=O) groups is 1. The number of hydrogen-bond acceptors (Lipinski definition) is 7. The van der Waals surface area contributed by atoms with Gasteiger partial charge >= 0.3 is 0 Å². The van der Waals surface area contributed by atoms with Crippen molar-refractivity contribution in [3.8, 4) is 17.2 Å². The standard InChI is InChI=1S/C23H24BrClN2O6S2/c1-3-31-19-9-16(24)17(10-20(19)32-4-2)27-18-12-35(29,30)13-21(18)34-23(27)26-22(28)11-33-15-7-5-14(25)6-8-15/h5-10,18,21H,3-4,11-13H2,1-2H3/t18-,21-/m0/s1. The van der Waals surface area contributed by atoms with Crippen LogP contribution in [0.5, 0.6) is 17.2 Å². The average molecular weight is 604 g/mol. The van der Waals surface area contributed by atoms with Crippen LogP contribution in [0, 0.1) is 0 Å². The predicted molar refractivity (Wildman–Crippen MR) is 142 cm³/mol. The molecule has 0 saturated carbocycles. The summed E-state index contributed by atoms with van der Waals surface area (Å²) in [6, 6.07) is 9.89. The van der Waals surface area contributed by atoms with E-state index in [2.05, 4.69) is 20.9 Å². The molecular weight excluding hydrogens is 580 g/mol. The number of rotatable bonds is 8. The molecule has 2 fully saturated rings. The number of ether oxygens (including phenoxy) is 3. The third-order valence-electron chi connectivity index (χ3n) is 5.34. The Morgan fingerprint density at radius 3 is 2.43 bits per heavy atom. The Morgan fingerprint density at radius 1 is 1.11 bits per heavy atom. The van der Waals surface area contributed by atoms with E-state index in [4.69, 9.17) is 25.8 Å². The molecule has 0 unspecified atom stereocenters. The number of amides is 1. The minimum Gasteiger partial charge on any atom is -0.490 e. The molecule has 2 saturated heterocycles. The fraction of sp³-hybridized carbons (Fsp3) is 0.391. The zero-order valence-corrected chi connectivity index (χ0v) is 23.0. The quantitative estimate of drug-likeness (QED) is 0.433. The van der Waals surface area contributed by atoms with Gasteiger partial charge < -0.3 is 19.1 Å². The zero-order chi connectivity index (χ0) is 25.2. The smallest absolute Gasteiger partial charge is 0.285 e. The molecule has 188 valence electrons. The van der Waals surface area contributed by atoms with E-state index in [1.54, 1.807) is 36.4 Å². The summed E-state index contributed by atoms with van der Waals surface area (Å²) < 4.78 is 42.5. The van der Waals surface area contributed by atoms with Gasteiger partial charge in [-0.2, -0.15) is 4.99 Å². The number of carbonyl (C=O) groups excluding carboxylic acids is 1. The number of hydrogen-bond donors (Lipinski definition) is 0. The topological polar surface area (TPSA) is 94.5 Å². The van der Waals surface area contributed by atoms with Crippen LogP contribution >= 0.6 is 39.3 Å². The van der Waals surface area contributed by atoms with Gasteiger partial charge in [-0.25, -0.2) is 8.42 Å². The van der Waals surface area contributed by atoms with Crippen LogP contribution in [0.1, 0.15) is 13.8 Å². The van der Waals surface area contributed by atoms with Gasteiger partial charge in [0.15, 0.2) is 33.1 Å². The molecule has 0 bridgehead atoms. The Morgan fingerprint density at radius 2 is 1.77 bits per heavy atom. The maximum atomic E-state index is 12.7. The predicted octanol–water partition coefficient (Wildman–Crippen LogP) is 4.58. The summed E-state index contributed by atoms with van der Waals surface area (Å²) >= 11 is 10.8. The molecule has 12 heteroatoms. The fourth-order valence-corrected chi connectivity index (χ4v) is 8.47. The second-order valence-corrected chi connectivity index (χ2v) is 12.5. The van der Waals surface area contributed by atoms with Gasteiger partial charge in [-0.3, -0.25) is 4.79 Å². The Hall–Kier alpha value is -1.95. The molecule has 2 aromatic rings. The maximum Gasteiger partial charge on any atom is 0.285 e. The Kier molecular flexibility index (Phi) is 8.19. The number of amidine groups is 1. The van der Waals surface area contributed by atoms with Crippen molar-refractivity contribution in [2.75, 3.05) is 36.2 Å². The molecule has 8 nitrogen and oxygen atoms in total. The minimum atomic E-state index is -3.21. The molecule has 2 aliphatic rings. The molecule has 2 aliphatic heterocycles. The van der Waals surface area contributed by atoms with Crippen molar-refractivity contribution in [3.05, 3.63) is 45.9 Å². The van der Waals surface area contributed by atoms with E-state index < -0.39 is 15.7 Å². The number of halogens is 2. The molecule has 0 aromatic heterocycles. The monoisotopic (exact) mass is 602 g/mol. The van der Waals surface area contributed by atoms with Crippen LogP contribution < -0.4 is 19.1 Å².